The molecule has 2 aromatic rings. The lowest BCUT2D eigenvalue weighted by atomic mass is 10.1. The van der Waals surface area contributed by atoms with Crippen LogP contribution in [0.1, 0.15) is 11.4 Å². The molecule has 0 unspecified atom stereocenters. The number of aromatic nitrogens is 3. The lowest BCUT2D eigenvalue weighted by Gasteiger charge is -2.08. The van der Waals surface area contributed by atoms with Crippen molar-refractivity contribution in [3.8, 4) is 0 Å². The Morgan fingerprint density at radius 1 is 1.43 bits per heavy atom. The lowest BCUT2D eigenvalue weighted by Crippen LogP contribution is -2.08. The first-order chi connectivity index (χ1) is 10.1. The quantitative estimate of drug-likeness (QED) is 0.553. The van der Waals surface area contributed by atoms with Gasteiger partial charge in [-0.25, -0.2) is 4.98 Å². The van der Waals surface area contributed by atoms with Gasteiger partial charge in [0.25, 0.3) is 5.69 Å². The summed E-state index contributed by atoms with van der Waals surface area (Å²) in [6.45, 7) is 0.461. The van der Waals surface area contributed by atoms with Crippen LogP contribution >= 0.6 is 0 Å². The van der Waals surface area contributed by atoms with Crippen molar-refractivity contribution in [1.29, 1.82) is 0 Å². The second-order valence-corrected chi connectivity index (χ2v) is 4.62. The van der Waals surface area contributed by atoms with E-state index in [0.29, 0.717) is 35.7 Å². The van der Waals surface area contributed by atoms with Crippen molar-refractivity contribution < 1.29 is 9.72 Å². The number of benzene rings is 1. The van der Waals surface area contributed by atoms with Gasteiger partial charge in [0.2, 0.25) is 5.91 Å². The number of aromatic amines is 1. The van der Waals surface area contributed by atoms with Crippen molar-refractivity contribution in [2.45, 2.75) is 12.8 Å². The summed E-state index contributed by atoms with van der Waals surface area (Å²) >= 11 is 0. The molecule has 1 aromatic carbocycles. The van der Waals surface area contributed by atoms with E-state index in [-0.39, 0.29) is 18.0 Å². The summed E-state index contributed by atoms with van der Waals surface area (Å²) in [5.74, 6) is 0.540. The summed E-state index contributed by atoms with van der Waals surface area (Å²) in [5.41, 5.74) is 1.60. The minimum Gasteiger partial charge on any atom is -0.379 e. The Kier molecular flexibility index (Phi) is 3.22. The van der Waals surface area contributed by atoms with Crippen molar-refractivity contribution in [3.63, 3.8) is 0 Å². The predicted octanol–water partition coefficient (Wildman–Crippen LogP) is 0.862. The van der Waals surface area contributed by atoms with Gasteiger partial charge in [0.15, 0.2) is 0 Å². The highest BCUT2D eigenvalue weighted by molar-refractivity contribution is 6.00. The monoisotopic (exact) mass is 288 g/mol. The molecule has 0 fully saturated rings. The van der Waals surface area contributed by atoms with E-state index in [1.807, 2.05) is 0 Å². The molecule has 0 atom stereocenters. The SMILES string of the molecule is O=C1Cc2cc([N+](=O)[O-])c(NCCc3ncn[nH]3)cc2N1. The summed E-state index contributed by atoms with van der Waals surface area (Å²) < 4.78 is 0. The van der Waals surface area contributed by atoms with Crippen molar-refractivity contribution in [2.24, 2.45) is 0 Å². The van der Waals surface area contributed by atoms with Crippen LogP contribution in [0.4, 0.5) is 17.1 Å². The maximum atomic E-state index is 11.3. The number of hydrogen-bond donors (Lipinski definition) is 3. The van der Waals surface area contributed by atoms with Gasteiger partial charge in [-0.05, 0) is 11.6 Å². The van der Waals surface area contributed by atoms with Gasteiger partial charge >= 0.3 is 0 Å². The second-order valence-electron chi connectivity index (χ2n) is 4.62. The Hall–Kier alpha value is -2.97. The number of H-pyrrole nitrogens is 1. The van der Waals surface area contributed by atoms with Crippen LogP contribution in [0.15, 0.2) is 18.5 Å². The number of fused-ring (bicyclic) bond motifs is 1. The van der Waals surface area contributed by atoms with Crippen LogP contribution in [0.2, 0.25) is 0 Å². The fourth-order valence-corrected chi connectivity index (χ4v) is 2.22. The number of nitrogens with one attached hydrogen (secondary N) is 3. The average Bonchev–Trinajstić information content (AvgIpc) is 3.05. The zero-order chi connectivity index (χ0) is 14.8. The van der Waals surface area contributed by atoms with Crippen LogP contribution < -0.4 is 10.6 Å². The van der Waals surface area contributed by atoms with E-state index >= 15 is 0 Å². The summed E-state index contributed by atoms with van der Waals surface area (Å²) in [5, 5.41) is 23.2. The molecule has 9 nitrogen and oxygen atoms in total. The standard InChI is InChI=1S/C12H12N6O3/c19-12-4-7-3-10(18(20)21)9(5-8(7)16-12)13-2-1-11-14-6-15-17-11/h3,5-6,13H,1-2,4H2,(H,16,19)(H,14,15,17). The van der Waals surface area contributed by atoms with Gasteiger partial charge < -0.3 is 10.6 Å². The third-order valence-electron chi connectivity index (χ3n) is 3.19. The van der Waals surface area contributed by atoms with Crippen LogP contribution in [-0.2, 0) is 17.6 Å². The number of nitro benzene ring substituents is 1. The fourth-order valence-electron chi connectivity index (χ4n) is 2.22. The largest absolute Gasteiger partial charge is 0.379 e. The molecule has 1 aliphatic rings. The number of nitro groups is 1. The zero-order valence-electron chi connectivity index (χ0n) is 10.9. The Labute approximate surface area is 118 Å². The Morgan fingerprint density at radius 3 is 3.00 bits per heavy atom. The smallest absolute Gasteiger partial charge is 0.292 e. The summed E-state index contributed by atoms with van der Waals surface area (Å²) in [7, 11) is 0. The van der Waals surface area contributed by atoms with Crippen LogP contribution in [0.3, 0.4) is 0 Å². The van der Waals surface area contributed by atoms with Crippen molar-refractivity contribution in [3.05, 3.63) is 40.0 Å². The van der Waals surface area contributed by atoms with Gasteiger partial charge in [0.05, 0.1) is 11.3 Å². The highest BCUT2D eigenvalue weighted by atomic mass is 16.6. The first-order valence-electron chi connectivity index (χ1n) is 6.33. The fraction of sp³-hybridized carbons (Fsp3) is 0.250. The Bertz CT molecular complexity index is 697. The van der Waals surface area contributed by atoms with Crippen LogP contribution in [-0.4, -0.2) is 32.6 Å². The van der Waals surface area contributed by atoms with E-state index in [1.165, 1.54) is 12.4 Å². The Balaban J connectivity index is 1.78. The molecule has 0 aliphatic carbocycles. The molecule has 3 N–H and O–H groups in total. The van der Waals surface area contributed by atoms with E-state index in [4.69, 9.17) is 0 Å². The number of rotatable bonds is 5. The molecular formula is C12H12N6O3. The second kappa shape index (κ2) is 5.19. The molecule has 0 spiro atoms. The molecule has 1 amide bonds. The number of nitrogens with zero attached hydrogens (tertiary/aromatic N) is 3. The summed E-state index contributed by atoms with van der Waals surface area (Å²) in [6, 6.07) is 3.03. The topological polar surface area (TPSA) is 126 Å². The number of carbonyl (C=O) groups is 1. The highest BCUT2D eigenvalue weighted by Crippen LogP contribution is 2.34. The van der Waals surface area contributed by atoms with E-state index in [2.05, 4.69) is 25.8 Å². The average molecular weight is 288 g/mol. The highest BCUT2D eigenvalue weighted by Gasteiger charge is 2.24. The summed E-state index contributed by atoms with van der Waals surface area (Å²) in [6.07, 6.45) is 2.14. The van der Waals surface area contributed by atoms with E-state index in [0.717, 1.165) is 0 Å². The molecule has 21 heavy (non-hydrogen) atoms. The number of carbonyl (C=O) groups excluding carboxylic acids is 1. The van der Waals surface area contributed by atoms with Gasteiger partial charge in [-0.1, -0.05) is 0 Å². The number of hydrogen-bond acceptors (Lipinski definition) is 6. The van der Waals surface area contributed by atoms with Gasteiger partial charge in [0.1, 0.15) is 17.8 Å². The van der Waals surface area contributed by atoms with Crippen LogP contribution in [0.5, 0.6) is 0 Å². The molecule has 0 saturated heterocycles. The lowest BCUT2D eigenvalue weighted by molar-refractivity contribution is -0.384. The minimum absolute atomic E-state index is 0.0391. The van der Waals surface area contributed by atoms with E-state index < -0.39 is 4.92 Å². The van der Waals surface area contributed by atoms with Gasteiger partial charge in [-0.3, -0.25) is 20.0 Å². The maximum Gasteiger partial charge on any atom is 0.292 e. The first-order valence-corrected chi connectivity index (χ1v) is 6.33. The number of amides is 1. The van der Waals surface area contributed by atoms with E-state index in [9.17, 15) is 14.9 Å². The molecular weight excluding hydrogens is 276 g/mol. The molecule has 3 rings (SSSR count). The molecule has 2 heterocycles. The predicted molar refractivity (Wildman–Crippen MR) is 74.0 cm³/mol. The van der Waals surface area contributed by atoms with Crippen LogP contribution in [0.25, 0.3) is 0 Å². The molecule has 1 aliphatic heterocycles. The molecule has 9 heteroatoms. The van der Waals surface area contributed by atoms with Crippen LogP contribution in [0, 0.1) is 10.1 Å². The minimum atomic E-state index is -0.458. The van der Waals surface area contributed by atoms with Gasteiger partial charge in [-0.2, -0.15) is 5.10 Å². The van der Waals surface area contributed by atoms with Gasteiger partial charge in [0, 0.05) is 24.7 Å². The molecule has 108 valence electrons. The maximum absolute atomic E-state index is 11.3. The molecule has 1 aromatic heterocycles. The molecule has 0 bridgehead atoms. The summed E-state index contributed by atoms with van der Waals surface area (Å²) in [4.78, 5) is 26.0. The van der Waals surface area contributed by atoms with Crippen molar-refractivity contribution >= 4 is 23.0 Å². The number of anilines is 2. The first kappa shape index (κ1) is 13.0. The third kappa shape index (κ3) is 2.66. The zero-order valence-corrected chi connectivity index (χ0v) is 10.9. The van der Waals surface area contributed by atoms with Crippen molar-refractivity contribution in [2.75, 3.05) is 17.2 Å². The van der Waals surface area contributed by atoms with Crippen molar-refractivity contribution in [1.82, 2.24) is 15.2 Å². The normalized spacial score (nSPS) is 12.9. The van der Waals surface area contributed by atoms with E-state index in [1.54, 1.807) is 6.07 Å². The third-order valence-corrected chi connectivity index (χ3v) is 3.19. The van der Waals surface area contributed by atoms with Gasteiger partial charge in [-0.15, -0.1) is 0 Å². The molecule has 0 saturated carbocycles. The Morgan fingerprint density at radius 2 is 2.29 bits per heavy atom. The molecule has 0 radical (unpaired) electrons.